The number of nitrogens with zero attached hydrogens (tertiary/aromatic N) is 3. The Hall–Kier alpha value is -0.850. The van der Waals surface area contributed by atoms with Crippen molar-refractivity contribution in [3.8, 4) is 0 Å². The van der Waals surface area contributed by atoms with Crippen LogP contribution in [0.4, 0.5) is 0 Å². The SMILES string of the molecule is CCNC(=NCC(C)N1CCOCC1)NCCN1CCCCC1. The molecule has 0 radical (unpaired) electrons. The summed E-state index contributed by atoms with van der Waals surface area (Å²) in [5, 5.41) is 6.84. The van der Waals surface area contributed by atoms with Gasteiger partial charge in [0.2, 0.25) is 0 Å². The highest BCUT2D eigenvalue weighted by Gasteiger charge is 2.16. The predicted octanol–water partition coefficient (Wildman–Crippen LogP) is 0.748. The summed E-state index contributed by atoms with van der Waals surface area (Å²) < 4.78 is 5.42. The van der Waals surface area contributed by atoms with E-state index in [0.29, 0.717) is 6.04 Å². The van der Waals surface area contributed by atoms with Gasteiger partial charge in [-0.1, -0.05) is 6.42 Å². The van der Waals surface area contributed by atoms with Gasteiger partial charge in [0.25, 0.3) is 0 Å². The van der Waals surface area contributed by atoms with Gasteiger partial charge in [0.05, 0.1) is 19.8 Å². The summed E-state index contributed by atoms with van der Waals surface area (Å²) in [6, 6.07) is 0.469. The number of morpholine rings is 1. The lowest BCUT2D eigenvalue weighted by molar-refractivity contribution is 0.0220. The first-order valence-electron chi connectivity index (χ1n) is 9.36. The molecule has 0 bridgehead atoms. The van der Waals surface area contributed by atoms with Gasteiger partial charge in [0.15, 0.2) is 5.96 Å². The molecule has 0 aromatic heterocycles. The lowest BCUT2D eigenvalue weighted by Gasteiger charge is -2.31. The molecule has 2 saturated heterocycles. The minimum absolute atomic E-state index is 0.469. The number of ether oxygens (including phenoxy) is 1. The van der Waals surface area contributed by atoms with Crippen molar-refractivity contribution in [3.63, 3.8) is 0 Å². The molecule has 2 N–H and O–H groups in total. The maximum Gasteiger partial charge on any atom is 0.191 e. The van der Waals surface area contributed by atoms with Crippen molar-refractivity contribution in [2.75, 3.05) is 65.6 Å². The van der Waals surface area contributed by atoms with Crippen LogP contribution < -0.4 is 10.6 Å². The molecule has 1 unspecified atom stereocenters. The fourth-order valence-corrected chi connectivity index (χ4v) is 3.21. The van der Waals surface area contributed by atoms with Crippen LogP contribution in [0.3, 0.4) is 0 Å². The van der Waals surface area contributed by atoms with Crippen LogP contribution in [-0.4, -0.2) is 87.4 Å². The predicted molar refractivity (Wildman–Crippen MR) is 96.1 cm³/mol. The second kappa shape index (κ2) is 10.8. The lowest BCUT2D eigenvalue weighted by Crippen LogP contribution is -2.45. The lowest BCUT2D eigenvalue weighted by atomic mass is 10.1. The average molecular weight is 326 g/mol. The van der Waals surface area contributed by atoms with Crippen molar-refractivity contribution < 1.29 is 4.74 Å². The van der Waals surface area contributed by atoms with Crippen LogP contribution in [0.1, 0.15) is 33.1 Å². The summed E-state index contributed by atoms with van der Waals surface area (Å²) in [6.45, 7) is 14.4. The summed E-state index contributed by atoms with van der Waals surface area (Å²) in [5.74, 6) is 0.949. The number of guanidine groups is 1. The molecule has 0 saturated carbocycles. The molecule has 2 aliphatic heterocycles. The maximum absolute atomic E-state index is 5.42. The first-order valence-corrected chi connectivity index (χ1v) is 9.36. The molecule has 0 aromatic carbocycles. The molecule has 23 heavy (non-hydrogen) atoms. The minimum atomic E-state index is 0.469. The van der Waals surface area contributed by atoms with Gasteiger partial charge in [-0.3, -0.25) is 9.89 Å². The second-order valence-corrected chi connectivity index (χ2v) is 6.55. The van der Waals surface area contributed by atoms with Gasteiger partial charge in [-0.2, -0.15) is 0 Å². The van der Waals surface area contributed by atoms with E-state index in [0.717, 1.165) is 58.4 Å². The molecule has 0 aliphatic carbocycles. The monoisotopic (exact) mass is 325 g/mol. The maximum atomic E-state index is 5.42. The zero-order chi connectivity index (χ0) is 16.3. The van der Waals surface area contributed by atoms with E-state index in [-0.39, 0.29) is 0 Å². The topological polar surface area (TPSA) is 52.1 Å². The van der Waals surface area contributed by atoms with E-state index in [9.17, 15) is 0 Å². The van der Waals surface area contributed by atoms with Crippen LogP contribution >= 0.6 is 0 Å². The smallest absolute Gasteiger partial charge is 0.191 e. The van der Waals surface area contributed by atoms with Gasteiger partial charge < -0.3 is 20.3 Å². The van der Waals surface area contributed by atoms with Crippen molar-refractivity contribution in [1.82, 2.24) is 20.4 Å². The molecule has 6 heteroatoms. The van der Waals surface area contributed by atoms with Crippen LogP contribution in [0.25, 0.3) is 0 Å². The molecular weight excluding hydrogens is 290 g/mol. The van der Waals surface area contributed by atoms with Crippen molar-refractivity contribution in [1.29, 1.82) is 0 Å². The average Bonchev–Trinajstić information content (AvgIpc) is 2.61. The third-order valence-electron chi connectivity index (χ3n) is 4.70. The Labute approximate surface area is 141 Å². The molecule has 2 aliphatic rings. The molecule has 2 rings (SSSR count). The van der Waals surface area contributed by atoms with Crippen LogP contribution in [-0.2, 0) is 4.74 Å². The van der Waals surface area contributed by atoms with E-state index in [4.69, 9.17) is 9.73 Å². The fourth-order valence-electron chi connectivity index (χ4n) is 3.21. The number of rotatable bonds is 7. The van der Waals surface area contributed by atoms with Crippen molar-refractivity contribution in [3.05, 3.63) is 0 Å². The standard InChI is InChI=1S/C17H35N5O/c1-3-18-17(19-7-10-21-8-5-4-6-9-21)20-15-16(2)22-11-13-23-14-12-22/h16H,3-15H2,1-2H3,(H2,18,19,20). The normalized spacial score (nSPS) is 22.8. The van der Waals surface area contributed by atoms with Crippen LogP contribution in [0.5, 0.6) is 0 Å². The summed E-state index contributed by atoms with van der Waals surface area (Å²) in [7, 11) is 0. The van der Waals surface area contributed by atoms with Crippen LogP contribution in [0.2, 0.25) is 0 Å². The number of hydrogen-bond acceptors (Lipinski definition) is 4. The van der Waals surface area contributed by atoms with E-state index < -0.39 is 0 Å². The fraction of sp³-hybridized carbons (Fsp3) is 0.941. The zero-order valence-corrected chi connectivity index (χ0v) is 15.0. The third kappa shape index (κ3) is 7.06. The Kier molecular flexibility index (Phi) is 8.71. The number of piperidine rings is 1. The van der Waals surface area contributed by atoms with Gasteiger partial charge in [-0.25, -0.2) is 0 Å². The Balaban J connectivity index is 1.70. The van der Waals surface area contributed by atoms with Gasteiger partial charge in [0, 0.05) is 38.8 Å². The quantitative estimate of drug-likeness (QED) is 0.534. The largest absolute Gasteiger partial charge is 0.379 e. The molecular formula is C17H35N5O. The first-order chi connectivity index (χ1) is 11.3. The molecule has 134 valence electrons. The Morgan fingerprint density at radius 1 is 1.09 bits per heavy atom. The van der Waals surface area contributed by atoms with E-state index in [1.54, 1.807) is 0 Å². The van der Waals surface area contributed by atoms with E-state index in [2.05, 4.69) is 34.3 Å². The number of nitrogens with one attached hydrogen (secondary N) is 2. The summed E-state index contributed by atoms with van der Waals surface area (Å²) in [5.41, 5.74) is 0. The van der Waals surface area contributed by atoms with Crippen molar-refractivity contribution >= 4 is 5.96 Å². The molecule has 2 fully saturated rings. The number of aliphatic imine (C=N–C) groups is 1. The van der Waals surface area contributed by atoms with Crippen molar-refractivity contribution in [2.45, 2.75) is 39.2 Å². The number of likely N-dealkylation sites (tertiary alicyclic amines) is 1. The molecule has 0 amide bonds. The Morgan fingerprint density at radius 2 is 1.83 bits per heavy atom. The minimum Gasteiger partial charge on any atom is -0.379 e. The Morgan fingerprint density at radius 3 is 2.52 bits per heavy atom. The molecule has 2 heterocycles. The van der Waals surface area contributed by atoms with Crippen LogP contribution in [0, 0.1) is 0 Å². The van der Waals surface area contributed by atoms with Gasteiger partial charge in [-0.05, 0) is 39.8 Å². The molecule has 0 aromatic rings. The summed E-state index contributed by atoms with van der Waals surface area (Å²) >= 11 is 0. The van der Waals surface area contributed by atoms with Gasteiger partial charge in [-0.15, -0.1) is 0 Å². The first kappa shape index (κ1) is 18.5. The molecule has 1 atom stereocenters. The van der Waals surface area contributed by atoms with E-state index >= 15 is 0 Å². The molecule has 0 spiro atoms. The highest BCUT2D eigenvalue weighted by Crippen LogP contribution is 2.07. The second-order valence-electron chi connectivity index (χ2n) is 6.55. The van der Waals surface area contributed by atoms with Crippen LogP contribution in [0.15, 0.2) is 4.99 Å². The highest BCUT2D eigenvalue weighted by molar-refractivity contribution is 5.79. The highest BCUT2D eigenvalue weighted by atomic mass is 16.5. The van der Waals surface area contributed by atoms with Gasteiger partial charge >= 0.3 is 0 Å². The Bertz CT molecular complexity index is 338. The van der Waals surface area contributed by atoms with Crippen molar-refractivity contribution in [2.24, 2.45) is 4.99 Å². The zero-order valence-electron chi connectivity index (χ0n) is 15.0. The van der Waals surface area contributed by atoms with E-state index in [1.807, 2.05) is 0 Å². The molecule has 6 nitrogen and oxygen atoms in total. The van der Waals surface area contributed by atoms with Gasteiger partial charge in [0.1, 0.15) is 0 Å². The summed E-state index contributed by atoms with van der Waals surface area (Å²) in [4.78, 5) is 9.78. The third-order valence-corrected chi connectivity index (χ3v) is 4.70. The number of hydrogen-bond donors (Lipinski definition) is 2. The van der Waals surface area contributed by atoms with E-state index in [1.165, 1.54) is 32.4 Å². The summed E-state index contributed by atoms with van der Waals surface area (Å²) in [6.07, 6.45) is 4.10.